The molecule has 1 amide bonds. The monoisotopic (exact) mass is 362 g/mol. The lowest BCUT2D eigenvalue weighted by Crippen LogP contribution is -2.31. The molecule has 1 aliphatic rings. The predicted octanol–water partition coefficient (Wildman–Crippen LogP) is 1.24. The van der Waals surface area contributed by atoms with Crippen molar-refractivity contribution in [2.24, 2.45) is 11.8 Å². The van der Waals surface area contributed by atoms with Gasteiger partial charge < -0.3 is 20.1 Å². The molecule has 0 aromatic carbocycles. The number of pyridine rings is 1. The summed E-state index contributed by atoms with van der Waals surface area (Å²) in [4.78, 5) is 28.2. The summed E-state index contributed by atoms with van der Waals surface area (Å²) in [6, 6.07) is 2.92. The fraction of sp³-hybridized carbons (Fsp3) is 0.611. The molecule has 1 fully saturated rings. The molecule has 8 heteroatoms. The third-order valence-electron chi connectivity index (χ3n) is 4.42. The van der Waals surface area contributed by atoms with Crippen molar-refractivity contribution in [3.05, 3.63) is 18.3 Å². The molecule has 142 valence electrons. The van der Waals surface area contributed by atoms with Crippen LogP contribution in [0.1, 0.15) is 52.9 Å². The Labute approximate surface area is 154 Å². The highest BCUT2D eigenvalue weighted by Crippen LogP contribution is 2.34. The highest BCUT2D eigenvalue weighted by atomic mass is 16.6. The minimum atomic E-state index is -1.60. The number of nitrogens with zero attached hydrogens (tertiary/aromatic N) is 1. The first-order valence-electron chi connectivity index (χ1n) is 8.99. The molecule has 1 unspecified atom stereocenters. The summed E-state index contributed by atoms with van der Waals surface area (Å²) >= 11 is 0. The Hall–Kier alpha value is -1.93. The van der Waals surface area contributed by atoms with Crippen LogP contribution in [0.3, 0.4) is 0 Å². The zero-order valence-electron chi connectivity index (χ0n) is 15.6. The van der Waals surface area contributed by atoms with Crippen LogP contribution in [0.4, 0.5) is 5.82 Å². The van der Waals surface area contributed by atoms with E-state index in [0.29, 0.717) is 18.2 Å². The van der Waals surface area contributed by atoms with Gasteiger partial charge in [-0.25, -0.2) is 4.98 Å². The lowest BCUT2D eigenvalue weighted by molar-refractivity contribution is -0.155. The minimum absolute atomic E-state index is 0.122. The number of aromatic nitrogens is 1. The Kier molecular flexibility index (Phi) is 6.78. The molecule has 7 nitrogen and oxygen atoms in total. The van der Waals surface area contributed by atoms with Gasteiger partial charge in [0, 0.05) is 18.5 Å². The molecule has 1 heterocycles. The van der Waals surface area contributed by atoms with Gasteiger partial charge in [0.2, 0.25) is 5.91 Å². The van der Waals surface area contributed by atoms with Gasteiger partial charge in [0.05, 0.1) is 0 Å². The third kappa shape index (κ3) is 6.42. The summed E-state index contributed by atoms with van der Waals surface area (Å²) in [7, 11) is -1.60. The topological polar surface area (TPSA) is 109 Å². The molecule has 1 aromatic heterocycles. The first-order valence-corrected chi connectivity index (χ1v) is 8.99. The summed E-state index contributed by atoms with van der Waals surface area (Å²) in [6.07, 6.45) is 4.92. The van der Waals surface area contributed by atoms with E-state index in [0.717, 1.165) is 25.7 Å². The van der Waals surface area contributed by atoms with E-state index >= 15 is 0 Å². The molecular formula is C18H27BN2O5. The Morgan fingerprint density at radius 2 is 2.08 bits per heavy atom. The maximum atomic E-state index is 12.4. The number of carbonyl (C=O) groups excluding carboxylic acids is 2. The van der Waals surface area contributed by atoms with Gasteiger partial charge in [0.15, 0.2) is 0 Å². The molecule has 0 spiro atoms. The number of hydrogen-bond acceptors (Lipinski definition) is 6. The Bertz CT molecular complexity index is 645. The number of esters is 1. The number of rotatable bonds is 6. The van der Waals surface area contributed by atoms with Crippen molar-refractivity contribution >= 4 is 30.3 Å². The molecule has 0 bridgehead atoms. The zero-order valence-corrected chi connectivity index (χ0v) is 15.6. The summed E-state index contributed by atoms with van der Waals surface area (Å²) in [6.45, 7) is 5.54. The van der Waals surface area contributed by atoms with Crippen molar-refractivity contribution in [1.82, 2.24) is 4.98 Å². The van der Waals surface area contributed by atoms with Gasteiger partial charge in [0.25, 0.3) is 0 Å². The Morgan fingerprint density at radius 1 is 1.35 bits per heavy atom. The van der Waals surface area contributed by atoms with Crippen molar-refractivity contribution < 1.29 is 24.4 Å². The van der Waals surface area contributed by atoms with Crippen LogP contribution in [0.5, 0.6) is 0 Å². The third-order valence-corrected chi connectivity index (χ3v) is 4.42. The van der Waals surface area contributed by atoms with Crippen molar-refractivity contribution in [3.63, 3.8) is 0 Å². The molecule has 3 N–H and O–H groups in total. The van der Waals surface area contributed by atoms with Crippen LogP contribution in [0.2, 0.25) is 0 Å². The first-order chi connectivity index (χ1) is 12.1. The standard InChI is InChI=1S/C18H27BN2O5/c1-18(2,3)26-16(22)7-5-12-4-6-13(10-12)17(23)21-15-11-14(19(24)25)8-9-20-15/h8-9,11-13,24-25H,4-7,10H2,1-3H3,(H,20,21,23)/t12?,13-/m0/s1. The van der Waals surface area contributed by atoms with Crippen LogP contribution in [-0.4, -0.2) is 39.6 Å². The van der Waals surface area contributed by atoms with Gasteiger partial charge in [-0.15, -0.1) is 0 Å². The molecule has 1 aliphatic carbocycles. The lowest BCUT2D eigenvalue weighted by Gasteiger charge is -2.20. The fourth-order valence-corrected chi connectivity index (χ4v) is 3.19. The van der Waals surface area contributed by atoms with E-state index in [9.17, 15) is 19.6 Å². The van der Waals surface area contributed by atoms with E-state index in [2.05, 4.69) is 10.3 Å². The molecule has 2 atom stereocenters. The van der Waals surface area contributed by atoms with Crippen molar-refractivity contribution in [1.29, 1.82) is 0 Å². The normalized spacial score (nSPS) is 19.9. The number of nitrogens with one attached hydrogen (secondary N) is 1. The van der Waals surface area contributed by atoms with Gasteiger partial charge in [-0.1, -0.05) is 0 Å². The van der Waals surface area contributed by atoms with E-state index < -0.39 is 12.7 Å². The van der Waals surface area contributed by atoms with Crippen LogP contribution < -0.4 is 10.8 Å². The van der Waals surface area contributed by atoms with Gasteiger partial charge in [0.1, 0.15) is 11.4 Å². The van der Waals surface area contributed by atoms with Gasteiger partial charge in [-0.3, -0.25) is 9.59 Å². The van der Waals surface area contributed by atoms with E-state index in [1.807, 2.05) is 20.8 Å². The maximum Gasteiger partial charge on any atom is 0.488 e. The molecule has 26 heavy (non-hydrogen) atoms. The van der Waals surface area contributed by atoms with Crippen molar-refractivity contribution in [3.8, 4) is 0 Å². The number of carbonyl (C=O) groups is 2. The zero-order chi connectivity index (χ0) is 19.3. The summed E-state index contributed by atoms with van der Waals surface area (Å²) < 4.78 is 5.31. The van der Waals surface area contributed by atoms with Crippen LogP contribution in [0.15, 0.2) is 18.3 Å². The highest BCUT2D eigenvalue weighted by Gasteiger charge is 2.30. The van der Waals surface area contributed by atoms with E-state index in [1.54, 1.807) is 0 Å². The SMILES string of the molecule is CC(C)(C)OC(=O)CCC1CC[C@H](C(=O)Nc2cc(B(O)O)ccn2)C1. The Balaban J connectivity index is 1.80. The van der Waals surface area contributed by atoms with Gasteiger partial charge >= 0.3 is 13.1 Å². The maximum absolute atomic E-state index is 12.4. The fourth-order valence-electron chi connectivity index (χ4n) is 3.19. The van der Waals surface area contributed by atoms with Crippen LogP contribution >= 0.6 is 0 Å². The lowest BCUT2D eigenvalue weighted by atomic mass is 9.81. The Morgan fingerprint density at radius 3 is 2.73 bits per heavy atom. The average molecular weight is 362 g/mol. The van der Waals surface area contributed by atoms with Crippen molar-refractivity contribution in [2.45, 2.75) is 58.5 Å². The second-order valence-electron chi connectivity index (χ2n) is 7.84. The van der Waals surface area contributed by atoms with Crippen molar-refractivity contribution in [2.75, 3.05) is 5.32 Å². The highest BCUT2D eigenvalue weighted by molar-refractivity contribution is 6.58. The van der Waals surface area contributed by atoms with Crippen LogP contribution in [-0.2, 0) is 14.3 Å². The molecule has 2 rings (SSSR count). The number of anilines is 1. The predicted molar refractivity (Wildman–Crippen MR) is 98.6 cm³/mol. The molecule has 1 saturated carbocycles. The molecule has 0 saturated heterocycles. The summed E-state index contributed by atoms with van der Waals surface area (Å²) in [5.41, 5.74) is -0.198. The summed E-state index contributed by atoms with van der Waals surface area (Å²) in [5.74, 6) is 0.189. The largest absolute Gasteiger partial charge is 0.488 e. The quantitative estimate of drug-likeness (QED) is 0.519. The smallest absolute Gasteiger partial charge is 0.460 e. The van der Waals surface area contributed by atoms with Crippen LogP contribution in [0, 0.1) is 11.8 Å². The molecule has 0 aliphatic heterocycles. The molecule has 1 aromatic rings. The molecular weight excluding hydrogens is 335 g/mol. The average Bonchev–Trinajstić information content (AvgIpc) is 3.00. The number of hydrogen-bond donors (Lipinski definition) is 3. The second kappa shape index (κ2) is 8.64. The number of ether oxygens (including phenoxy) is 1. The summed E-state index contributed by atoms with van der Waals surface area (Å²) in [5, 5.41) is 21.1. The van der Waals surface area contributed by atoms with E-state index in [4.69, 9.17) is 4.74 Å². The first kappa shape index (κ1) is 20.4. The van der Waals surface area contributed by atoms with E-state index in [1.165, 1.54) is 18.3 Å². The van der Waals surface area contributed by atoms with Gasteiger partial charge in [-0.2, -0.15) is 0 Å². The van der Waals surface area contributed by atoms with Crippen LogP contribution in [0.25, 0.3) is 0 Å². The molecule has 0 radical (unpaired) electrons. The minimum Gasteiger partial charge on any atom is -0.460 e. The number of amides is 1. The van der Waals surface area contributed by atoms with Gasteiger partial charge in [-0.05, 0) is 70.0 Å². The second-order valence-corrected chi connectivity index (χ2v) is 7.84. The van der Waals surface area contributed by atoms with E-state index in [-0.39, 0.29) is 23.3 Å².